The van der Waals surface area contributed by atoms with E-state index in [2.05, 4.69) is 29.8 Å². The van der Waals surface area contributed by atoms with E-state index in [-0.39, 0.29) is 5.54 Å². The molecule has 0 atom stereocenters. The van der Waals surface area contributed by atoms with Gasteiger partial charge in [-0.2, -0.15) is 0 Å². The minimum atomic E-state index is -0.523. The van der Waals surface area contributed by atoms with Crippen LogP contribution >= 0.6 is 0 Å². The molecule has 0 radical (unpaired) electrons. The van der Waals surface area contributed by atoms with Gasteiger partial charge in [0.1, 0.15) is 11.4 Å². The van der Waals surface area contributed by atoms with Gasteiger partial charge in [0.25, 0.3) is 0 Å². The van der Waals surface area contributed by atoms with E-state index >= 15 is 0 Å². The lowest BCUT2D eigenvalue weighted by atomic mass is 10.1. The molecule has 3 aromatic heterocycles. The minimum Gasteiger partial charge on any atom is -0.406 e. The molecule has 0 aromatic carbocycles. The Kier molecular flexibility index (Phi) is 3.90. The molecule has 1 aliphatic heterocycles. The van der Waals surface area contributed by atoms with E-state index in [1.54, 1.807) is 12.4 Å². The Morgan fingerprint density at radius 1 is 1.31 bits per heavy atom. The second-order valence-corrected chi connectivity index (χ2v) is 7.56. The summed E-state index contributed by atoms with van der Waals surface area (Å²) in [4.78, 5) is 28.6. The lowest BCUT2D eigenvalue weighted by Crippen LogP contribution is -2.42. The number of nitrogens with one attached hydrogen (secondary N) is 2. The summed E-state index contributed by atoms with van der Waals surface area (Å²) >= 11 is 0. The monoisotopic (exact) mass is 354 g/mol. The average molecular weight is 354 g/mol. The molecule has 2 N–H and O–H groups in total. The largest absolute Gasteiger partial charge is 0.413 e. The van der Waals surface area contributed by atoms with E-state index in [0.29, 0.717) is 22.6 Å². The van der Waals surface area contributed by atoms with E-state index in [4.69, 9.17) is 4.74 Å². The molecule has 4 heterocycles. The molecule has 0 aliphatic carbocycles. The molecule has 4 rings (SSSR count). The quantitative estimate of drug-likeness (QED) is 0.737. The Hall–Kier alpha value is -2.90. The summed E-state index contributed by atoms with van der Waals surface area (Å²) in [5.74, 6) is 0.351. The van der Waals surface area contributed by atoms with Gasteiger partial charge in [0.05, 0.1) is 12.5 Å². The Balaban J connectivity index is 1.67. The van der Waals surface area contributed by atoms with Gasteiger partial charge in [0.15, 0.2) is 16.9 Å². The molecule has 0 saturated heterocycles. The molecule has 0 fully saturated rings. The van der Waals surface area contributed by atoms with Crippen molar-refractivity contribution in [1.29, 1.82) is 0 Å². The second kappa shape index (κ2) is 6.12. The fourth-order valence-corrected chi connectivity index (χ4v) is 3.14. The third kappa shape index (κ3) is 3.14. The molecular weight excluding hydrogens is 332 g/mol. The molecule has 136 valence electrons. The Labute approximate surface area is 151 Å². The highest BCUT2D eigenvalue weighted by atomic mass is 16.6. The number of aromatic amines is 1. The van der Waals surface area contributed by atoms with Crippen LogP contribution in [0.3, 0.4) is 0 Å². The zero-order valence-electron chi connectivity index (χ0n) is 15.2. The molecule has 1 aliphatic rings. The first-order valence-electron chi connectivity index (χ1n) is 8.79. The smallest absolute Gasteiger partial charge is 0.406 e. The van der Waals surface area contributed by atoms with E-state index in [1.165, 1.54) is 12.1 Å². The molecular formula is C18H22N6O2. The van der Waals surface area contributed by atoms with Crippen LogP contribution in [0.4, 0.5) is 4.79 Å². The molecule has 3 aromatic rings. The third-order valence-corrected chi connectivity index (χ3v) is 4.28. The number of rotatable bonds is 2. The van der Waals surface area contributed by atoms with Crippen LogP contribution in [0.5, 0.6) is 5.75 Å². The van der Waals surface area contributed by atoms with Crippen LogP contribution < -0.4 is 10.1 Å². The maximum Gasteiger partial charge on any atom is 0.413 e. The van der Waals surface area contributed by atoms with Gasteiger partial charge in [-0.3, -0.25) is 0 Å². The van der Waals surface area contributed by atoms with Gasteiger partial charge in [0, 0.05) is 24.0 Å². The standard InChI is InChI=1S/C18H22N6O2/c1-18(2,3)23-17(25)26-13-9-20-16-15(13)22-11(8-19-16)14-12-6-4-5-7-24(12)10-21-14/h8-10H,4-7H2,1-3H3,(H,19,20)(H,23,25). The first-order chi connectivity index (χ1) is 12.4. The highest BCUT2D eigenvalue weighted by Gasteiger charge is 2.20. The lowest BCUT2D eigenvalue weighted by Gasteiger charge is -2.19. The summed E-state index contributed by atoms with van der Waals surface area (Å²) in [6.45, 7) is 6.67. The molecule has 0 unspecified atom stereocenters. The van der Waals surface area contributed by atoms with Crippen molar-refractivity contribution in [3.63, 3.8) is 0 Å². The number of carbonyl (C=O) groups excluding carboxylic acids is 1. The number of carbonyl (C=O) groups is 1. The van der Waals surface area contributed by atoms with Crippen molar-refractivity contribution < 1.29 is 9.53 Å². The predicted octanol–water partition coefficient (Wildman–Crippen LogP) is 3.04. The van der Waals surface area contributed by atoms with Crippen LogP contribution in [0.2, 0.25) is 0 Å². The second-order valence-electron chi connectivity index (χ2n) is 7.56. The maximum atomic E-state index is 12.1. The van der Waals surface area contributed by atoms with Gasteiger partial charge in [-0.15, -0.1) is 0 Å². The van der Waals surface area contributed by atoms with Crippen LogP contribution in [-0.2, 0) is 13.0 Å². The van der Waals surface area contributed by atoms with Crippen LogP contribution in [0.15, 0.2) is 18.7 Å². The maximum absolute atomic E-state index is 12.1. The number of ether oxygens (including phenoxy) is 1. The van der Waals surface area contributed by atoms with Crippen molar-refractivity contribution in [2.45, 2.75) is 52.1 Å². The van der Waals surface area contributed by atoms with Crippen molar-refractivity contribution in [2.75, 3.05) is 0 Å². The molecule has 0 saturated carbocycles. The normalized spacial score (nSPS) is 14.3. The average Bonchev–Trinajstić information content (AvgIpc) is 3.17. The Morgan fingerprint density at radius 3 is 2.96 bits per heavy atom. The van der Waals surface area contributed by atoms with E-state index < -0.39 is 6.09 Å². The first kappa shape index (κ1) is 16.6. The van der Waals surface area contributed by atoms with Crippen molar-refractivity contribution in [2.24, 2.45) is 0 Å². The number of hydrogen-bond donors (Lipinski definition) is 2. The van der Waals surface area contributed by atoms with Crippen LogP contribution in [0.1, 0.15) is 39.3 Å². The number of fused-ring (bicyclic) bond motifs is 2. The van der Waals surface area contributed by atoms with Crippen molar-refractivity contribution in [3.8, 4) is 17.1 Å². The summed E-state index contributed by atoms with van der Waals surface area (Å²) in [5, 5.41) is 2.77. The first-order valence-corrected chi connectivity index (χ1v) is 8.79. The molecule has 1 amide bonds. The van der Waals surface area contributed by atoms with E-state index in [0.717, 1.165) is 25.1 Å². The van der Waals surface area contributed by atoms with Crippen molar-refractivity contribution >= 4 is 17.3 Å². The molecule has 26 heavy (non-hydrogen) atoms. The number of hydrogen-bond acceptors (Lipinski definition) is 5. The summed E-state index contributed by atoms with van der Waals surface area (Å²) in [7, 11) is 0. The number of imidazole rings is 1. The predicted molar refractivity (Wildman–Crippen MR) is 97.0 cm³/mol. The third-order valence-electron chi connectivity index (χ3n) is 4.28. The number of aryl methyl sites for hydroxylation is 1. The summed E-state index contributed by atoms with van der Waals surface area (Å²) in [6, 6.07) is 0. The van der Waals surface area contributed by atoms with Gasteiger partial charge < -0.3 is 19.6 Å². The van der Waals surface area contributed by atoms with Gasteiger partial charge >= 0.3 is 6.09 Å². The van der Waals surface area contributed by atoms with Crippen LogP contribution in [0.25, 0.3) is 22.6 Å². The summed E-state index contributed by atoms with van der Waals surface area (Å²) in [5.41, 5.74) is 3.44. The summed E-state index contributed by atoms with van der Waals surface area (Å²) < 4.78 is 7.60. The zero-order chi connectivity index (χ0) is 18.3. The lowest BCUT2D eigenvalue weighted by molar-refractivity contribution is 0.191. The highest BCUT2D eigenvalue weighted by Crippen LogP contribution is 2.29. The SMILES string of the molecule is CC(C)(C)NC(=O)Oc1c[nH]c2ncc(-c3ncn4c3CCCC4)nc12. The number of nitrogens with zero attached hydrogens (tertiary/aromatic N) is 4. The molecule has 8 nitrogen and oxygen atoms in total. The highest BCUT2D eigenvalue weighted by molar-refractivity contribution is 5.84. The number of aromatic nitrogens is 5. The summed E-state index contributed by atoms with van der Waals surface area (Å²) in [6.07, 6.45) is 7.95. The molecule has 8 heteroatoms. The minimum absolute atomic E-state index is 0.351. The number of H-pyrrole nitrogens is 1. The van der Waals surface area contributed by atoms with Gasteiger partial charge in [-0.25, -0.2) is 19.7 Å². The van der Waals surface area contributed by atoms with Gasteiger partial charge in [-0.1, -0.05) is 0 Å². The van der Waals surface area contributed by atoms with Crippen molar-refractivity contribution in [3.05, 3.63) is 24.4 Å². The van der Waals surface area contributed by atoms with Gasteiger partial charge in [-0.05, 0) is 40.0 Å². The van der Waals surface area contributed by atoms with Crippen LogP contribution in [0, 0.1) is 0 Å². The Morgan fingerprint density at radius 2 is 2.15 bits per heavy atom. The van der Waals surface area contributed by atoms with E-state index in [1.807, 2.05) is 27.1 Å². The zero-order valence-corrected chi connectivity index (χ0v) is 15.2. The van der Waals surface area contributed by atoms with E-state index in [9.17, 15) is 4.79 Å². The Bertz CT molecular complexity index is 966. The topological polar surface area (TPSA) is 97.7 Å². The van der Waals surface area contributed by atoms with Crippen molar-refractivity contribution in [1.82, 2.24) is 29.8 Å². The van der Waals surface area contributed by atoms with Gasteiger partial charge in [0.2, 0.25) is 0 Å². The fraction of sp³-hybridized carbons (Fsp3) is 0.444. The molecule has 0 spiro atoms. The fourth-order valence-electron chi connectivity index (χ4n) is 3.14. The number of amides is 1. The molecule has 0 bridgehead atoms. The van der Waals surface area contributed by atoms with Crippen LogP contribution in [-0.4, -0.2) is 36.1 Å².